The maximum absolute atomic E-state index is 12.6. The first-order valence-corrected chi connectivity index (χ1v) is 8.89. The lowest BCUT2D eigenvalue weighted by Crippen LogP contribution is -2.39. The van der Waals surface area contributed by atoms with Gasteiger partial charge in [0, 0.05) is 19.6 Å². The molecule has 1 saturated heterocycles. The van der Waals surface area contributed by atoms with Crippen LogP contribution < -0.4 is 5.56 Å². The lowest BCUT2D eigenvalue weighted by molar-refractivity contribution is 0.138. The number of para-hydroxylation sites is 1. The summed E-state index contributed by atoms with van der Waals surface area (Å²) in [6.45, 7) is 8.70. The van der Waals surface area contributed by atoms with Gasteiger partial charge < -0.3 is 9.88 Å². The van der Waals surface area contributed by atoms with Crippen LogP contribution in [0.25, 0.3) is 10.9 Å². The van der Waals surface area contributed by atoms with Crippen LogP contribution in [-0.2, 0) is 6.54 Å². The predicted molar refractivity (Wildman–Crippen MR) is 97.4 cm³/mol. The van der Waals surface area contributed by atoms with Crippen molar-refractivity contribution in [2.45, 2.75) is 33.2 Å². The van der Waals surface area contributed by atoms with E-state index in [2.05, 4.69) is 23.7 Å². The van der Waals surface area contributed by atoms with Crippen molar-refractivity contribution in [1.82, 2.24) is 14.5 Å². The molecule has 0 spiro atoms. The number of rotatable bonds is 4. The summed E-state index contributed by atoms with van der Waals surface area (Å²) >= 11 is 5.37. The molecule has 1 aliphatic rings. The first kappa shape index (κ1) is 16.4. The fourth-order valence-electron chi connectivity index (χ4n) is 3.83. The lowest BCUT2D eigenvalue weighted by atomic mass is 9.92. The number of fused-ring (bicyclic) bond motifs is 1. The van der Waals surface area contributed by atoms with Gasteiger partial charge in [0.25, 0.3) is 5.56 Å². The monoisotopic (exact) mass is 331 g/mol. The van der Waals surface area contributed by atoms with Gasteiger partial charge in [-0.2, -0.15) is 0 Å². The standard InChI is InChI=1S/C18H25N3OS/c1-13-10-14(2)12-20(11-13)8-5-9-21-17(22)15-6-3-4-7-16(15)19-18(21)23/h3-4,6-7,13-14H,5,8-12H2,1-2H3,(H,19,23)/t13-,14-/m1/s1. The fourth-order valence-corrected chi connectivity index (χ4v) is 4.11. The van der Waals surface area contributed by atoms with Crippen molar-refractivity contribution in [3.63, 3.8) is 0 Å². The average molecular weight is 331 g/mol. The molecule has 1 N–H and O–H groups in total. The Morgan fingerprint density at radius 2 is 1.87 bits per heavy atom. The van der Waals surface area contributed by atoms with Gasteiger partial charge in [-0.15, -0.1) is 0 Å². The molecule has 0 radical (unpaired) electrons. The van der Waals surface area contributed by atoms with Crippen LogP contribution >= 0.6 is 12.2 Å². The summed E-state index contributed by atoms with van der Waals surface area (Å²) in [5, 5.41) is 0.710. The molecular formula is C18H25N3OS. The van der Waals surface area contributed by atoms with Gasteiger partial charge in [-0.3, -0.25) is 9.36 Å². The Hall–Kier alpha value is -1.46. The molecule has 2 heterocycles. The molecule has 3 rings (SSSR count). The molecule has 2 aromatic rings. The van der Waals surface area contributed by atoms with E-state index in [0.717, 1.165) is 30.3 Å². The molecule has 1 aromatic heterocycles. The van der Waals surface area contributed by atoms with Crippen LogP contribution in [0.2, 0.25) is 0 Å². The first-order chi connectivity index (χ1) is 11.0. The molecular weight excluding hydrogens is 306 g/mol. The predicted octanol–water partition coefficient (Wildman–Crippen LogP) is 3.43. The third kappa shape index (κ3) is 3.72. The summed E-state index contributed by atoms with van der Waals surface area (Å²) in [6, 6.07) is 7.55. The van der Waals surface area contributed by atoms with Crippen LogP contribution in [0.5, 0.6) is 0 Å². The summed E-state index contributed by atoms with van der Waals surface area (Å²) in [7, 11) is 0. The maximum Gasteiger partial charge on any atom is 0.262 e. The highest BCUT2D eigenvalue weighted by Gasteiger charge is 2.21. The number of piperidine rings is 1. The Bertz CT molecular complexity index is 785. The minimum absolute atomic E-state index is 0.0183. The molecule has 0 unspecified atom stereocenters. The molecule has 1 fully saturated rings. The molecule has 0 amide bonds. The average Bonchev–Trinajstić information content (AvgIpc) is 2.49. The van der Waals surface area contributed by atoms with Crippen LogP contribution in [0.4, 0.5) is 0 Å². The number of hydrogen-bond acceptors (Lipinski definition) is 3. The molecule has 1 aliphatic heterocycles. The molecule has 23 heavy (non-hydrogen) atoms. The number of benzene rings is 1. The number of likely N-dealkylation sites (tertiary alicyclic amines) is 1. The highest BCUT2D eigenvalue weighted by atomic mass is 32.1. The van der Waals surface area contributed by atoms with Gasteiger partial charge in [-0.05, 0) is 55.6 Å². The second-order valence-corrected chi connectivity index (χ2v) is 7.38. The quantitative estimate of drug-likeness (QED) is 0.873. The Morgan fingerprint density at radius 3 is 2.61 bits per heavy atom. The molecule has 124 valence electrons. The van der Waals surface area contributed by atoms with Gasteiger partial charge in [-0.1, -0.05) is 26.0 Å². The van der Waals surface area contributed by atoms with E-state index in [1.165, 1.54) is 19.5 Å². The Labute approximate surface area is 142 Å². The number of aromatic amines is 1. The Morgan fingerprint density at radius 1 is 1.17 bits per heavy atom. The summed E-state index contributed by atoms with van der Waals surface area (Å²) in [5.41, 5.74) is 0.835. The molecule has 0 aliphatic carbocycles. The van der Waals surface area contributed by atoms with E-state index < -0.39 is 0 Å². The second-order valence-electron chi connectivity index (χ2n) is 6.99. The summed E-state index contributed by atoms with van der Waals surface area (Å²) in [6.07, 6.45) is 2.28. The van der Waals surface area contributed by atoms with Crippen LogP contribution in [-0.4, -0.2) is 34.1 Å². The molecule has 0 saturated carbocycles. The van der Waals surface area contributed by atoms with E-state index >= 15 is 0 Å². The third-order valence-corrected chi connectivity index (χ3v) is 5.01. The Balaban J connectivity index is 1.70. The van der Waals surface area contributed by atoms with Crippen LogP contribution in [0.1, 0.15) is 26.7 Å². The van der Waals surface area contributed by atoms with Gasteiger partial charge in [-0.25, -0.2) is 0 Å². The Kier molecular flexibility index (Phi) is 4.97. The van der Waals surface area contributed by atoms with Gasteiger partial charge >= 0.3 is 0 Å². The zero-order chi connectivity index (χ0) is 16.4. The summed E-state index contributed by atoms with van der Waals surface area (Å²) in [4.78, 5) is 18.3. The molecule has 1 aromatic carbocycles. The number of nitrogens with zero attached hydrogens (tertiary/aromatic N) is 2. The van der Waals surface area contributed by atoms with Crippen molar-refractivity contribution in [1.29, 1.82) is 0 Å². The van der Waals surface area contributed by atoms with Crippen LogP contribution in [0.15, 0.2) is 29.1 Å². The van der Waals surface area contributed by atoms with Gasteiger partial charge in [0.05, 0.1) is 10.9 Å². The summed E-state index contributed by atoms with van der Waals surface area (Å²) in [5.74, 6) is 1.54. The van der Waals surface area contributed by atoms with E-state index in [1.54, 1.807) is 4.57 Å². The highest BCUT2D eigenvalue weighted by molar-refractivity contribution is 7.71. The number of aromatic nitrogens is 2. The minimum Gasteiger partial charge on any atom is -0.332 e. The normalized spacial score (nSPS) is 22.5. The van der Waals surface area contributed by atoms with E-state index in [0.29, 0.717) is 16.7 Å². The highest BCUT2D eigenvalue weighted by Crippen LogP contribution is 2.20. The van der Waals surface area contributed by atoms with Crippen molar-refractivity contribution in [3.05, 3.63) is 39.4 Å². The fraction of sp³-hybridized carbons (Fsp3) is 0.556. The molecule has 5 heteroatoms. The van der Waals surface area contributed by atoms with E-state index in [9.17, 15) is 4.79 Å². The van der Waals surface area contributed by atoms with Crippen molar-refractivity contribution >= 4 is 23.1 Å². The third-order valence-electron chi connectivity index (χ3n) is 4.69. The van der Waals surface area contributed by atoms with E-state index in [4.69, 9.17) is 12.2 Å². The number of hydrogen-bond donors (Lipinski definition) is 1. The summed E-state index contributed by atoms with van der Waals surface area (Å²) < 4.78 is 2.23. The first-order valence-electron chi connectivity index (χ1n) is 8.49. The van der Waals surface area contributed by atoms with Crippen LogP contribution in [0.3, 0.4) is 0 Å². The molecule has 0 bridgehead atoms. The number of H-pyrrole nitrogens is 1. The van der Waals surface area contributed by atoms with E-state index in [-0.39, 0.29) is 5.56 Å². The number of nitrogens with one attached hydrogen (secondary N) is 1. The largest absolute Gasteiger partial charge is 0.332 e. The molecule has 4 nitrogen and oxygen atoms in total. The van der Waals surface area contributed by atoms with Crippen molar-refractivity contribution in [2.24, 2.45) is 11.8 Å². The minimum atomic E-state index is 0.0183. The SMILES string of the molecule is C[C@@H]1C[C@@H](C)CN(CCCn2c(=S)[nH]c3ccccc3c2=O)C1. The van der Waals surface area contributed by atoms with E-state index in [1.807, 2.05) is 24.3 Å². The topological polar surface area (TPSA) is 41.0 Å². The smallest absolute Gasteiger partial charge is 0.262 e. The molecule has 2 atom stereocenters. The van der Waals surface area contributed by atoms with Gasteiger partial charge in [0.15, 0.2) is 4.77 Å². The van der Waals surface area contributed by atoms with Crippen molar-refractivity contribution < 1.29 is 0 Å². The van der Waals surface area contributed by atoms with Crippen molar-refractivity contribution in [2.75, 3.05) is 19.6 Å². The zero-order valence-electron chi connectivity index (χ0n) is 13.9. The van der Waals surface area contributed by atoms with Gasteiger partial charge in [0.1, 0.15) is 0 Å². The maximum atomic E-state index is 12.6. The second kappa shape index (κ2) is 6.97. The lowest BCUT2D eigenvalue weighted by Gasteiger charge is -2.34. The van der Waals surface area contributed by atoms with Crippen LogP contribution in [0, 0.1) is 16.6 Å². The van der Waals surface area contributed by atoms with Crippen molar-refractivity contribution in [3.8, 4) is 0 Å². The van der Waals surface area contributed by atoms with Gasteiger partial charge in [0.2, 0.25) is 0 Å². The zero-order valence-corrected chi connectivity index (χ0v) is 14.7.